The average molecular weight is 266 g/mol. The van der Waals surface area contributed by atoms with E-state index in [1.54, 1.807) is 12.4 Å². The number of aromatic nitrogens is 1. The maximum atomic E-state index is 11.8. The van der Waals surface area contributed by atoms with Crippen LogP contribution in [-0.2, 0) is 4.79 Å². The van der Waals surface area contributed by atoms with Gasteiger partial charge in [0.1, 0.15) is 0 Å². The van der Waals surface area contributed by atoms with Gasteiger partial charge in [-0.25, -0.2) is 0 Å². The van der Waals surface area contributed by atoms with Crippen molar-refractivity contribution in [3.05, 3.63) is 54.4 Å². The normalized spacial score (nSPS) is 15.7. The van der Waals surface area contributed by atoms with Crippen molar-refractivity contribution in [2.24, 2.45) is 5.92 Å². The summed E-state index contributed by atoms with van der Waals surface area (Å²) in [5, 5.41) is 3.07. The Bertz CT molecular complexity index is 588. The molecule has 20 heavy (non-hydrogen) atoms. The van der Waals surface area contributed by atoms with Crippen LogP contribution < -0.4 is 5.32 Å². The van der Waals surface area contributed by atoms with Crippen LogP contribution >= 0.6 is 0 Å². The van der Waals surface area contributed by atoms with Gasteiger partial charge in [0.05, 0.1) is 6.04 Å². The zero-order valence-corrected chi connectivity index (χ0v) is 11.5. The van der Waals surface area contributed by atoms with Gasteiger partial charge in [0.15, 0.2) is 0 Å². The third-order valence-corrected chi connectivity index (χ3v) is 3.73. The zero-order chi connectivity index (χ0) is 13.9. The topological polar surface area (TPSA) is 42.0 Å². The van der Waals surface area contributed by atoms with Gasteiger partial charge in [0, 0.05) is 18.3 Å². The number of pyridine rings is 1. The number of hydrogen-bond donors (Lipinski definition) is 1. The fourth-order valence-corrected chi connectivity index (χ4v) is 2.27. The van der Waals surface area contributed by atoms with Crippen LogP contribution in [0, 0.1) is 5.92 Å². The number of benzene rings is 1. The largest absolute Gasteiger partial charge is 0.349 e. The minimum Gasteiger partial charge on any atom is -0.349 e. The molecule has 0 saturated heterocycles. The minimum absolute atomic E-state index is 0.0644. The van der Waals surface area contributed by atoms with E-state index in [1.807, 2.05) is 19.1 Å². The lowest BCUT2D eigenvalue weighted by molar-refractivity contribution is -0.122. The van der Waals surface area contributed by atoms with Gasteiger partial charge in [-0.2, -0.15) is 0 Å². The molecule has 3 rings (SSSR count). The molecule has 1 amide bonds. The van der Waals surface area contributed by atoms with E-state index in [9.17, 15) is 4.79 Å². The molecule has 1 atom stereocenters. The summed E-state index contributed by atoms with van der Waals surface area (Å²) in [7, 11) is 0. The molecule has 0 aliphatic heterocycles. The van der Waals surface area contributed by atoms with Crippen LogP contribution in [0.3, 0.4) is 0 Å². The number of nitrogens with one attached hydrogen (secondary N) is 1. The first-order valence-corrected chi connectivity index (χ1v) is 7.05. The molecule has 3 nitrogen and oxygen atoms in total. The Labute approximate surface area is 119 Å². The Morgan fingerprint density at radius 1 is 1.10 bits per heavy atom. The highest BCUT2D eigenvalue weighted by Gasteiger charge is 2.30. The second-order valence-electron chi connectivity index (χ2n) is 5.36. The Hall–Kier alpha value is -2.16. The first-order chi connectivity index (χ1) is 9.74. The SMILES string of the molecule is C[C@H](NC(=O)C1CC1)c1ccc(-c2ccncc2)cc1. The highest BCUT2D eigenvalue weighted by atomic mass is 16.2. The van der Waals surface area contributed by atoms with Crippen molar-refractivity contribution >= 4 is 5.91 Å². The van der Waals surface area contributed by atoms with Crippen LogP contribution in [0.5, 0.6) is 0 Å². The molecule has 3 heteroatoms. The minimum atomic E-state index is 0.0644. The summed E-state index contributed by atoms with van der Waals surface area (Å²) < 4.78 is 0. The highest BCUT2D eigenvalue weighted by molar-refractivity contribution is 5.81. The first-order valence-electron chi connectivity index (χ1n) is 7.05. The summed E-state index contributed by atoms with van der Waals surface area (Å²) >= 11 is 0. The summed E-state index contributed by atoms with van der Waals surface area (Å²) in [4.78, 5) is 15.8. The number of rotatable bonds is 4. The van der Waals surface area contributed by atoms with Crippen molar-refractivity contribution in [2.45, 2.75) is 25.8 Å². The van der Waals surface area contributed by atoms with E-state index in [0.717, 1.165) is 29.5 Å². The molecule has 2 aromatic rings. The van der Waals surface area contributed by atoms with Gasteiger partial charge in [-0.15, -0.1) is 0 Å². The molecule has 0 bridgehead atoms. The van der Waals surface area contributed by atoms with Gasteiger partial charge < -0.3 is 5.32 Å². The Balaban J connectivity index is 1.70. The fraction of sp³-hybridized carbons (Fsp3) is 0.294. The third-order valence-electron chi connectivity index (χ3n) is 3.73. The predicted octanol–water partition coefficient (Wildman–Crippen LogP) is 3.34. The van der Waals surface area contributed by atoms with Crippen molar-refractivity contribution in [1.82, 2.24) is 10.3 Å². The fourth-order valence-electron chi connectivity index (χ4n) is 2.27. The molecular formula is C17H18N2O. The van der Waals surface area contributed by atoms with E-state index in [2.05, 4.69) is 34.6 Å². The van der Waals surface area contributed by atoms with E-state index in [-0.39, 0.29) is 17.9 Å². The van der Waals surface area contributed by atoms with Gasteiger partial charge in [-0.3, -0.25) is 9.78 Å². The molecule has 0 spiro atoms. The van der Waals surface area contributed by atoms with Crippen LogP contribution in [0.25, 0.3) is 11.1 Å². The summed E-state index contributed by atoms with van der Waals surface area (Å²) in [6.07, 6.45) is 5.67. The van der Waals surface area contributed by atoms with E-state index in [1.165, 1.54) is 0 Å². The average Bonchev–Trinajstić information content (AvgIpc) is 3.33. The standard InChI is InChI=1S/C17H18N2O/c1-12(19-17(20)16-6-7-16)13-2-4-14(5-3-13)15-8-10-18-11-9-15/h2-5,8-12,16H,6-7H2,1H3,(H,19,20)/t12-/m0/s1. The van der Waals surface area contributed by atoms with Crippen LogP contribution in [0.1, 0.15) is 31.4 Å². The van der Waals surface area contributed by atoms with Crippen molar-refractivity contribution < 1.29 is 4.79 Å². The maximum absolute atomic E-state index is 11.8. The van der Waals surface area contributed by atoms with Gasteiger partial charge in [0.2, 0.25) is 5.91 Å². The van der Waals surface area contributed by atoms with Gasteiger partial charge in [0.25, 0.3) is 0 Å². The molecule has 1 N–H and O–H groups in total. The zero-order valence-electron chi connectivity index (χ0n) is 11.5. The van der Waals surface area contributed by atoms with Crippen LogP contribution in [-0.4, -0.2) is 10.9 Å². The second-order valence-corrected chi connectivity index (χ2v) is 5.36. The van der Waals surface area contributed by atoms with Crippen molar-refractivity contribution in [3.63, 3.8) is 0 Å². The molecule has 1 fully saturated rings. The molecule has 1 aliphatic rings. The van der Waals surface area contributed by atoms with Crippen LogP contribution in [0.4, 0.5) is 0 Å². The maximum Gasteiger partial charge on any atom is 0.223 e. The molecule has 1 aliphatic carbocycles. The molecule has 1 heterocycles. The molecule has 1 aromatic heterocycles. The number of amides is 1. The van der Waals surface area contributed by atoms with Crippen LogP contribution in [0.15, 0.2) is 48.8 Å². The number of nitrogens with zero attached hydrogens (tertiary/aromatic N) is 1. The third kappa shape index (κ3) is 2.87. The molecule has 1 saturated carbocycles. The van der Waals surface area contributed by atoms with Crippen molar-refractivity contribution in [2.75, 3.05) is 0 Å². The van der Waals surface area contributed by atoms with Gasteiger partial charge in [-0.05, 0) is 48.6 Å². The van der Waals surface area contributed by atoms with Gasteiger partial charge in [-0.1, -0.05) is 24.3 Å². The second kappa shape index (κ2) is 5.45. The van der Waals surface area contributed by atoms with E-state index in [0.29, 0.717) is 0 Å². The summed E-state index contributed by atoms with van der Waals surface area (Å²) in [5.74, 6) is 0.448. The molecule has 1 aromatic carbocycles. The van der Waals surface area contributed by atoms with Crippen molar-refractivity contribution in [3.8, 4) is 11.1 Å². The molecule has 102 valence electrons. The summed E-state index contributed by atoms with van der Waals surface area (Å²) in [6, 6.07) is 12.4. The van der Waals surface area contributed by atoms with E-state index >= 15 is 0 Å². The predicted molar refractivity (Wildman–Crippen MR) is 79.0 cm³/mol. The lowest BCUT2D eigenvalue weighted by Gasteiger charge is -2.14. The number of hydrogen-bond acceptors (Lipinski definition) is 2. The number of carbonyl (C=O) groups is 1. The first kappa shape index (κ1) is 12.9. The molecule has 0 unspecified atom stereocenters. The Morgan fingerprint density at radius 2 is 1.70 bits per heavy atom. The highest BCUT2D eigenvalue weighted by Crippen LogP contribution is 2.30. The molecular weight excluding hydrogens is 248 g/mol. The molecule has 0 radical (unpaired) electrons. The lowest BCUT2D eigenvalue weighted by atomic mass is 10.0. The summed E-state index contributed by atoms with van der Waals surface area (Å²) in [6.45, 7) is 2.03. The lowest BCUT2D eigenvalue weighted by Crippen LogP contribution is -2.27. The number of carbonyl (C=O) groups excluding carboxylic acids is 1. The Morgan fingerprint density at radius 3 is 2.30 bits per heavy atom. The smallest absolute Gasteiger partial charge is 0.223 e. The monoisotopic (exact) mass is 266 g/mol. The van der Waals surface area contributed by atoms with E-state index in [4.69, 9.17) is 0 Å². The Kier molecular flexibility index (Phi) is 3.50. The quantitative estimate of drug-likeness (QED) is 0.922. The van der Waals surface area contributed by atoms with Crippen LogP contribution in [0.2, 0.25) is 0 Å². The van der Waals surface area contributed by atoms with E-state index < -0.39 is 0 Å². The van der Waals surface area contributed by atoms with Gasteiger partial charge >= 0.3 is 0 Å². The summed E-state index contributed by atoms with van der Waals surface area (Å²) in [5.41, 5.74) is 3.45. The van der Waals surface area contributed by atoms with Crippen molar-refractivity contribution in [1.29, 1.82) is 0 Å².